The highest BCUT2D eigenvalue weighted by atomic mass is 16.5. The molecule has 1 amide bonds. The van der Waals surface area contributed by atoms with E-state index in [0.29, 0.717) is 12.0 Å². The first-order valence-electron chi connectivity index (χ1n) is 5.45. The van der Waals surface area contributed by atoms with Crippen LogP contribution >= 0.6 is 0 Å². The summed E-state index contributed by atoms with van der Waals surface area (Å²) in [5.74, 6) is 0.729. The molecule has 1 rings (SSSR count). The van der Waals surface area contributed by atoms with Crippen molar-refractivity contribution in [1.82, 2.24) is 5.32 Å². The molecule has 0 heterocycles. The number of amides is 1. The standard InChI is InChI=1S/C13H19NO2/c1-9(2)14-13(15)11-6-5-10(3)7-12(8-11)16-4/h6,8-9H,3,5,7H2,1-2,4H3,(H,14,15). The van der Waals surface area contributed by atoms with E-state index >= 15 is 0 Å². The summed E-state index contributed by atoms with van der Waals surface area (Å²) in [6.45, 7) is 7.81. The van der Waals surface area contributed by atoms with Crippen molar-refractivity contribution < 1.29 is 9.53 Å². The first kappa shape index (κ1) is 12.6. The summed E-state index contributed by atoms with van der Waals surface area (Å²) in [6.07, 6.45) is 5.11. The molecule has 0 radical (unpaired) electrons. The third-order valence-electron chi connectivity index (χ3n) is 2.30. The average Bonchev–Trinajstić information content (AvgIpc) is 2.39. The number of allylic oxidation sites excluding steroid dienone is 2. The summed E-state index contributed by atoms with van der Waals surface area (Å²) >= 11 is 0. The van der Waals surface area contributed by atoms with E-state index in [1.165, 1.54) is 0 Å². The Morgan fingerprint density at radius 1 is 1.56 bits per heavy atom. The lowest BCUT2D eigenvalue weighted by Crippen LogP contribution is -2.30. The van der Waals surface area contributed by atoms with Gasteiger partial charge in [-0.3, -0.25) is 4.79 Å². The fourth-order valence-electron chi connectivity index (χ4n) is 1.49. The zero-order valence-corrected chi connectivity index (χ0v) is 10.2. The number of hydrogen-bond donors (Lipinski definition) is 1. The summed E-state index contributed by atoms with van der Waals surface area (Å²) in [5.41, 5.74) is 1.71. The topological polar surface area (TPSA) is 38.3 Å². The molecule has 0 saturated heterocycles. The SMILES string of the molecule is C=C1CC=C(C(=O)NC(C)C)C=C(OC)C1. The molecule has 16 heavy (non-hydrogen) atoms. The number of carbonyl (C=O) groups is 1. The maximum absolute atomic E-state index is 11.8. The summed E-state index contributed by atoms with van der Waals surface area (Å²) in [6, 6.07) is 0.138. The Balaban J connectivity index is 2.84. The molecular formula is C13H19NO2. The average molecular weight is 221 g/mol. The number of rotatable bonds is 3. The quantitative estimate of drug-likeness (QED) is 0.743. The fourth-order valence-corrected chi connectivity index (χ4v) is 1.49. The number of nitrogens with one attached hydrogen (secondary N) is 1. The Morgan fingerprint density at radius 3 is 2.81 bits per heavy atom. The van der Waals surface area contributed by atoms with Crippen LogP contribution in [0.4, 0.5) is 0 Å². The van der Waals surface area contributed by atoms with Crippen molar-refractivity contribution in [3.8, 4) is 0 Å². The monoisotopic (exact) mass is 221 g/mol. The van der Waals surface area contributed by atoms with E-state index in [0.717, 1.165) is 17.8 Å². The van der Waals surface area contributed by atoms with Crippen molar-refractivity contribution in [3.05, 3.63) is 35.6 Å². The lowest BCUT2D eigenvalue weighted by molar-refractivity contribution is -0.117. The highest BCUT2D eigenvalue weighted by Gasteiger charge is 2.13. The highest BCUT2D eigenvalue weighted by molar-refractivity contribution is 5.96. The molecular weight excluding hydrogens is 202 g/mol. The summed E-state index contributed by atoms with van der Waals surface area (Å²) in [5, 5.41) is 2.86. The van der Waals surface area contributed by atoms with Gasteiger partial charge in [0.2, 0.25) is 0 Å². The zero-order chi connectivity index (χ0) is 12.1. The Bertz CT molecular complexity index is 351. The minimum absolute atomic E-state index is 0.0562. The van der Waals surface area contributed by atoms with Crippen LogP contribution in [-0.4, -0.2) is 19.1 Å². The van der Waals surface area contributed by atoms with Crippen molar-refractivity contribution in [2.75, 3.05) is 7.11 Å². The molecule has 1 N–H and O–H groups in total. The van der Waals surface area contributed by atoms with Crippen LogP contribution in [0.2, 0.25) is 0 Å². The van der Waals surface area contributed by atoms with E-state index in [9.17, 15) is 4.79 Å². The predicted molar refractivity (Wildman–Crippen MR) is 64.8 cm³/mol. The van der Waals surface area contributed by atoms with Crippen molar-refractivity contribution in [2.45, 2.75) is 32.7 Å². The Kier molecular flexibility index (Phi) is 4.35. The second-order valence-electron chi connectivity index (χ2n) is 4.23. The minimum atomic E-state index is -0.0562. The number of hydrogen-bond acceptors (Lipinski definition) is 2. The first-order valence-corrected chi connectivity index (χ1v) is 5.45. The molecule has 0 spiro atoms. The number of ether oxygens (including phenoxy) is 1. The van der Waals surface area contributed by atoms with Gasteiger partial charge in [0.15, 0.2) is 0 Å². The van der Waals surface area contributed by atoms with E-state index in [1.54, 1.807) is 13.2 Å². The summed E-state index contributed by atoms with van der Waals surface area (Å²) in [7, 11) is 1.61. The molecule has 1 aliphatic rings. The molecule has 1 aliphatic carbocycles. The summed E-state index contributed by atoms with van der Waals surface area (Å²) in [4.78, 5) is 11.8. The highest BCUT2D eigenvalue weighted by Crippen LogP contribution is 2.21. The molecule has 0 aromatic rings. The van der Waals surface area contributed by atoms with E-state index < -0.39 is 0 Å². The van der Waals surface area contributed by atoms with Gasteiger partial charge in [0.25, 0.3) is 5.91 Å². The van der Waals surface area contributed by atoms with Crippen molar-refractivity contribution in [1.29, 1.82) is 0 Å². The number of carbonyl (C=O) groups excluding carboxylic acids is 1. The van der Waals surface area contributed by atoms with Crippen LogP contribution in [0.3, 0.4) is 0 Å². The third-order valence-corrected chi connectivity index (χ3v) is 2.30. The van der Waals surface area contributed by atoms with Gasteiger partial charge in [0.1, 0.15) is 5.76 Å². The normalized spacial score (nSPS) is 16.4. The maximum Gasteiger partial charge on any atom is 0.251 e. The first-order chi connectivity index (χ1) is 7.52. The fraction of sp³-hybridized carbons (Fsp3) is 0.462. The molecule has 0 unspecified atom stereocenters. The predicted octanol–water partition coefficient (Wildman–Crippen LogP) is 2.32. The molecule has 0 atom stereocenters. The Morgan fingerprint density at radius 2 is 2.25 bits per heavy atom. The second kappa shape index (κ2) is 5.54. The third kappa shape index (κ3) is 3.57. The lowest BCUT2D eigenvalue weighted by atomic mass is 10.1. The zero-order valence-electron chi connectivity index (χ0n) is 10.2. The van der Waals surface area contributed by atoms with Crippen LogP contribution in [-0.2, 0) is 9.53 Å². The number of methoxy groups -OCH3 is 1. The van der Waals surface area contributed by atoms with Gasteiger partial charge >= 0.3 is 0 Å². The molecule has 0 bridgehead atoms. The van der Waals surface area contributed by atoms with Gasteiger partial charge in [0.05, 0.1) is 7.11 Å². The molecule has 0 aromatic heterocycles. The summed E-state index contributed by atoms with van der Waals surface area (Å²) < 4.78 is 5.21. The van der Waals surface area contributed by atoms with Gasteiger partial charge in [-0.25, -0.2) is 0 Å². The van der Waals surface area contributed by atoms with E-state index in [2.05, 4.69) is 11.9 Å². The molecule has 0 aliphatic heterocycles. The molecule has 0 saturated carbocycles. The van der Waals surface area contributed by atoms with Gasteiger partial charge < -0.3 is 10.1 Å². The second-order valence-corrected chi connectivity index (χ2v) is 4.23. The van der Waals surface area contributed by atoms with E-state index in [1.807, 2.05) is 19.9 Å². The van der Waals surface area contributed by atoms with Gasteiger partial charge in [0, 0.05) is 18.0 Å². The van der Waals surface area contributed by atoms with Crippen molar-refractivity contribution >= 4 is 5.91 Å². The van der Waals surface area contributed by atoms with Gasteiger partial charge in [-0.1, -0.05) is 18.2 Å². The molecule has 3 nitrogen and oxygen atoms in total. The van der Waals surface area contributed by atoms with Crippen LogP contribution in [0.1, 0.15) is 26.7 Å². The van der Waals surface area contributed by atoms with Gasteiger partial charge in [-0.05, 0) is 26.3 Å². The van der Waals surface area contributed by atoms with Crippen LogP contribution in [0.15, 0.2) is 35.6 Å². The van der Waals surface area contributed by atoms with E-state index in [-0.39, 0.29) is 11.9 Å². The Hall–Kier alpha value is -1.51. The van der Waals surface area contributed by atoms with Crippen molar-refractivity contribution in [2.24, 2.45) is 0 Å². The van der Waals surface area contributed by atoms with Crippen LogP contribution in [0.5, 0.6) is 0 Å². The van der Waals surface area contributed by atoms with Gasteiger partial charge in [-0.15, -0.1) is 0 Å². The molecule has 88 valence electrons. The molecule has 0 aromatic carbocycles. The van der Waals surface area contributed by atoms with E-state index in [4.69, 9.17) is 4.74 Å². The van der Waals surface area contributed by atoms with Crippen LogP contribution < -0.4 is 5.32 Å². The molecule has 0 fully saturated rings. The maximum atomic E-state index is 11.8. The van der Waals surface area contributed by atoms with Crippen LogP contribution in [0.25, 0.3) is 0 Å². The largest absolute Gasteiger partial charge is 0.501 e. The Labute approximate surface area is 96.9 Å². The lowest BCUT2D eigenvalue weighted by Gasteiger charge is -2.09. The molecule has 3 heteroatoms. The minimum Gasteiger partial charge on any atom is -0.501 e. The van der Waals surface area contributed by atoms with Crippen LogP contribution in [0, 0.1) is 0 Å². The van der Waals surface area contributed by atoms with Crippen molar-refractivity contribution in [3.63, 3.8) is 0 Å². The van der Waals surface area contributed by atoms with Gasteiger partial charge in [-0.2, -0.15) is 0 Å². The smallest absolute Gasteiger partial charge is 0.251 e.